The highest BCUT2D eigenvalue weighted by Gasteiger charge is 2.30. The van der Waals surface area contributed by atoms with Crippen molar-refractivity contribution in [2.75, 3.05) is 46.5 Å². The van der Waals surface area contributed by atoms with E-state index in [0.717, 1.165) is 0 Å². The first kappa shape index (κ1) is 18.4. The number of methoxy groups -OCH3 is 1. The van der Waals surface area contributed by atoms with Gasteiger partial charge in [0.25, 0.3) is 5.91 Å². The molecule has 1 aliphatic heterocycles. The molecule has 0 bridgehead atoms. The summed E-state index contributed by atoms with van der Waals surface area (Å²) in [5, 5.41) is 0. The lowest BCUT2D eigenvalue weighted by molar-refractivity contribution is -0.155. The van der Waals surface area contributed by atoms with Gasteiger partial charge in [0, 0.05) is 33.3 Å². The molecule has 1 amide bonds. The van der Waals surface area contributed by atoms with Crippen molar-refractivity contribution in [3.63, 3.8) is 0 Å². The first-order chi connectivity index (χ1) is 11.4. The molecule has 8 nitrogen and oxygen atoms in total. The number of carbonyl (C=O) groups is 2. The van der Waals surface area contributed by atoms with Gasteiger partial charge in [-0.1, -0.05) is 18.2 Å². The van der Waals surface area contributed by atoms with Crippen molar-refractivity contribution in [1.82, 2.24) is 9.21 Å². The number of nitrogens with zero attached hydrogens (tertiary/aromatic N) is 2. The van der Waals surface area contributed by atoms with Gasteiger partial charge in [-0.15, -0.1) is 0 Å². The Balaban J connectivity index is 1.87. The molecule has 1 aromatic carbocycles. The molecule has 132 valence electrons. The van der Waals surface area contributed by atoms with Gasteiger partial charge in [-0.2, -0.15) is 4.31 Å². The van der Waals surface area contributed by atoms with Crippen LogP contribution in [0.25, 0.3) is 0 Å². The zero-order valence-electron chi connectivity index (χ0n) is 13.4. The van der Waals surface area contributed by atoms with E-state index in [1.54, 1.807) is 30.3 Å². The number of hydrogen-bond donors (Lipinski definition) is 0. The van der Waals surface area contributed by atoms with Gasteiger partial charge in [-0.3, -0.25) is 4.79 Å². The highest BCUT2D eigenvalue weighted by molar-refractivity contribution is 7.89. The molecule has 9 heteroatoms. The lowest BCUT2D eigenvalue weighted by Gasteiger charge is -2.33. The zero-order chi connectivity index (χ0) is 17.6. The van der Waals surface area contributed by atoms with Gasteiger partial charge in [-0.05, 0) is 12.1 Å². The van der Waals surface area contributed by atoms with E-state index in [2.05, 4.69) is 4.74 Å². The summed E-state index contributed by atoms with van der Waals surface area (Å²) >= 11 is 0. The van der Waals surface area contributed by atoms with Crippen molar-refractivity contribution in [3.05, 3.63) is 30.3 Å². The minimum Gasteiger partial charge on any atom is -0.454 e. The molecule has 0 radical (unpaired) electrons. The zero-order valence-corrected chi connectivity index (χ0v) is 14.2. The average molecular weight is 356 g/mol. The normalized spacial score (nSPS) is 16.0. The van der Waals surface area contributed by atoms with Crippen LogP contribution in [-0.2, 0) is 29.1 Å². The van der Waals surface area contributed by atoms with E-state index < -0.39 is 16.0 Å². The Morgan fingerprint density at radius 1 is 1.04 bits per heavy atom. The highest BCUT2D eigenvalue weighted by Crippen LogP contribution is 2.17. The summed E-state index contributed by atoms with van der Waals surface area (Å²) < 4.78 is 35.7. The molecule has 1 aromatic rings. The predicted octanol–water partition coefficient (Wildman–Crippen LogP) is -0.291. The molecule has 2 rings (SSSR count). The van der Waals surface area contributed by atoms with Crippen LogP contribution in [0.1, 0.15) is 0 Å². The van der Waals surface area contributed by atoms with Gasteiger partial charge >= 0.3 is 5.97 Å². The fourth-order valence-corrected chi connectivity index (χ4v) is 3.76. The predicted molar refractivity (Wildman–Crippen MR) is 84.6 cm³/mol. The summed E-state index contributed by atoms with van der Waals surface area (Å²) in [7, 11) is -2.19. The van der Waals surface area contributed by atoms with Gasteiger partial charge in [-0.25, -0.2) is 13.2 Å². The lowest BCUT2D eigenvalue weighted by atomic mass is 10.3. The molecule has 0 unspecified atom stereocenters. The van der Waals surface area contributed by atoms with Crippen LogP contribution in [0.3, 0.4) is 0 Å². The van der Waals surface area contributed by atoms with Crippen molar-refractivity contribution in [3.8, 4) is 0 Å². The molecule has 1 heterocycles. The highest BCUT2D eigenvalue weighted by atomic mass is 32.2. The summed E-state index contributed by atoms with van der Waals surface area (Å²) in [5.41, 5.74) is 0. The number of piperazine rings is 1. The van der Waals surface area contributed by atoms with Gasteiger partial charge in [0.05, 0.1) is 4.90 Å². The third kappa shape index (κ3) is 4.53. The minimum atomic E-state index is -3.55. The molecule has 0 spiro atoms. The van der Waals surface area contributed by atoms with Gasteiger partial charge in [0.15, 0.2) is 6.61 Å². The molecule has 0 aromatic heterocycles. The first-order valence-corrected chi connectivity index (χ1v) is 8.86. The Labute approximate surface area is 141 Å². The lowest BCUT2D eigenvalue weighted by Crippen LogP contribution is -2.51. The quantitative estimate of drug-likeness (QED) is 0.650. The monoisotopic (exact) mass is 356 g/mol. The van der Waals surface area contributed by atoms with E-state index in [1.165, 1.54) is 16.3 Å². The van der Waals surface area contributed by atoms with Crippen LogP contribution in [-0.4, -0.2) is 76.0 Å². The summed E-state index contributed by atoms with van der Waals surface area (Å²) in [5.74, 6) is -0.965. The van der Waals surface area contributed by atoms with E-state index in [9.17, 15) is 18.0 Å². The second-order valence-electron chi connectivity index (χ2n) is 5.19. The van der Waals surface area contributed by atoms with Crippen molar-refractivity contribution >= 4 is 21.9 Å². The van der Waals surface area contributed by atoms with Crippen LogP contribution in [0.2, 0.25) is 0 Å². The van der Waals surface area contributed by atoms with Gasteiger partial charge < -0.3 is 14.4 Å². The molecular weight excluding hydrogens is 336 g/mol. The molecule has 24 heavy (non-hydrogen) atoms. The van der Waals surface area contributed by atoms with E-state index in [-0.39, 0.29) is 50.2 Å². The molecule has 0 saturated carbocycles. The molecule has 1 fully saturated rings. The summed E-state index contributed by atoms with van der Waals surface area (Å²) in [6.07, 6.45) is 0. The Morgan fingerprint density at radius 3 is 2.25 bits per heavy atom. The van der Waals surface area contributed by atoms with Crippen LogP contribution in [0.5, 0.6) is 0 Å². The topological polar surface area (TPSA) is 93.2 Å². The number of carbonyl (C=O) groups excluding carboxylic acids is 2. The van der Waals surface area contributed by atoms with Crippen LogP contribution in [0.4, 0.5) is 0 Å². The average Bonchev–Trinajstić information content (AvgIpc) is 2.61. The van der Waals surface area contributed by atoms with Gasteiger partial charge in [0.2, 0.25) is 10.0 Å². The number of hydrogen-bond acceptors (Lipinski definition) is 6. The van der Waals surface area contributed by atoms with Crippen LogP contribution >= 0.6 is 0 Å². The third-order valence-electron chi connectivity index (χ3n) is 3.59. The van der Waals surface area contributed by atoms with E-state index in [4.69, 9.17) is 4.74 Å². The molecule has 1 saturated heterocycles. The number of ether oxygens (including phenoxy) is 2. The Kier molecular flexibility index (Phi) is 6.29. The minimum absolute atomic E-state index is 0.203. The van der Waals surface area contributed by atoms with Gasteiger partial charge in [0.1, 0.15) is 6.61 Å². The second-order valence-corrected chi connectivity index (χ2v) is 7.13. The van der Waals surface area contributed by atoms with E-state index in [0.29, 0.717) is 0 Å². The van der Waals surface area contributed by atoms with E-state index in [1.807, 2.05) is 0 Å². The largest absolute Gasteiger partial charge is 0.454 e. The number of rotatable bonds is 6. The van der Waals surface area contributed by atoms with Crippen LogP contribution in [0, 0.1) is 0 Å². The number of esters is 1. The standard InChI is InChI=1S/C15H20N2O6S/c1-22-12-15(19)23-11-14(18)16-7-9-17(10-8-16)24(20,21)13-5-3-2-4-6-13/h2-6H,7-12H2,1H3. The molecule has 0 aliphatic carbocycles. The molecule has 0 N–H and O–H groups in total. The summed E-state index contributed by atoms with van der Waals surface area (Å²) in [6, 6.07) is 8.17. The number of benzene rings is 1. The second kappa shape index (κ2) is 8.22. The molecule has 0 atom stereocenters. The van der Waals surface area contributed by atoms with Crippen molar-refractivity contribution in [1.29, 1.82) is 0 Å². The van der Waals surface area contributed by atoms with Crippen LogP contribution in [0.15, 0.2) is 35.2 Å². The smallest absolute Gasteiger partial charge is 0.332 e. The molecule has 1 aliphatic rings. The van der Waals surface area contributed by atoms with Crippen molar-refractivity contribution in [2.24, 2.45) is 0 Å². The fraction of sp³-hybridized carbons (Fsp3) is 0.467. The number of sulfonamides is 1. The first-order valence-electron chi connectivity index (χ1n) is 7.42. The van der Waals surface area contributed by atoms with E-state index >= 15 is 0 Å². The summed E-state index contributed by atoms with van der Waals surface area (Å²) in [6.45, 7) is 0.341. The van der Waals surface area contributed by atoms with Crippen LogP contribution < -0.4 is 0 Å². The Bertz CT molecular complexity index is 668. The third-order valence-corrected chi connectivity index (χ3v) is 5.50. The maximum absolute atomic E-state index is 12.5. The Hall–Kier alpha value is -1.97. The maximum atomic E-state index is 12.5. The van der Waals surface area contributed by atoms with Crippen molar-refractivity contribution < 1.29 is 27.5 Å². The van der Waals surface area contributed by atoms with Crippen molar-refractivity contribution in [2.45, 2.75) is 4.90 Å². The molecular formula is C15H20N2O6S. The number of amides is 1. The summed E-state index contributed by atoms with van der Waals surface area (Å²) in [4.78, 5) is 24.9. The Morgan fingerprint density at radius 2 is 1.67 bits per heavy atom. The maximum Gasteiger partial charge on any atom is 0.332 e. The fourth-order valence-electron chi connectivity index (χ4n) is 2.31. The SMILES string of the molecule is COCC(=O)OCC(=O)N1CCN(S(=O)(=O)c2ccccc2)CC1.